The van der Waals surface area contributed by atoms with E-state index in [2.05, 4.69) is 50.3 Å². The van der Waals surface area contributed by atoms with Crippen molar-refractivity contribution in [3.63, 3.8) is 0 Å². The molecule has 10 heteroatoms. The second kappa shape index (κ2) is 10.2. The van der Waals surface area contributed by atoms with Gasteiger partial charge in [-0.3, -0.25) is 5.32 Å². The van der Waals surface area contributed by atoms with Gasteiger partial charge < -0.3 is 25.4 Å². The van der Waals surface area contributed by atoms with Crippen LogP contribution in [-0.4, -0.2) is 49.4 Å². The molecule has 0 saturated carbocycles. The maximum atomic E-state index is 6.45. The second-order valence-electron chi connectivity index (χ2n) is 8.47. The maximum Gasteiger partial charge on any atom is 0.199 e. The van der Waals surface area contributed by atoms with Crippen molar-refractivity contribution in [1.29, 1.82) is 0 Å². The highest BCUT2D eigenvalue weighted by Gasteiger charge is 2.30. The molecule has 0 bridgehead atoms. The number of guanidine groups is 1. The van der Waals surface area contributed by atoms with Crippen LogP contribution >= 0.6 is 0 Å². The van der Waals surface area contributed by atoms with E-state index in [0.717, 1.165) is 48.6 Å². The summed E-state index contributed by atoms with van der Waals surface area (Å²) in [7, 11) is 3.28. The maximum absolute atomic E-state index is 6.45. The van der Waals surface area contributed by atoms with Gasteiger partial charge in [-0.1, -0.05) is 18.2 Å². The van der Waals surface area contributed by atoms with Gasteiger partial charge in [0.15, 0.2) is 17.5 Å². The summed E-state index contributed by atoms with van der Waals surface area (Å²) in [6.45, 7) is 2.13. The summed E-state index contributed by atoms with van der Waals surface area (Å²) in [5.41, 5.74) is 13.6. The van der Waals surface area contributed by atoms with Crippen LogP contribution in [0.2, 0.25) is 0 Å². The molecular weight excluding hydrogens is 446 g/mol. The number of methoxy groups -OCH3 is 2. The summed E-state index contributed by atoms with van der Waals surface area (Å²) in [5, 5.41) is 8.71. The Bertz CT molecular complexity index is 1150. The number of allylic oxidation sites excluding steroid dienone is 3. The predicted molar refractivity (Wildman–Crippen MR) is 133 cm³/mol. The van der Waals surface area contributed by atoms with E-state index in [1.165, 1.54) is 5.57 Å². The average Bonchev–Trinajstić information content (AvgIpc) is 3.36. The summed E-state index contributed by atoms with van der Waals surface area (Å²) in [5.74, 6) is 2.75. The number of nitrogens with two attached hydrogens (primary N) is 1. The largest absolute Gasteiger partial charge is 0.493 e. The molecule has 184 valence electrons. The molecule has 0 radical (unpaired) electrons. The summed E-state index contributed by atoms with van der Waals surface area (Å²) in [4.78, 5) is 12.0. The number of aliphatic imine (C=N–C) groups is 1. The number of hydrogen-bond donors (Lipinski definition) is 4. The monoisotopic (exact) mass is 477 g/mol. The molecule has 0 fully saturated rings. The molecule has 0 saturated heterocycles. The van der Waals surface area contributed by atoms with E-state index in [0.29, 0.717) is 24.0 Å². The molecule has 1 aromatic rings. The molecular formula is C25H31N7O3. The molecule has 35 heavy (non-hydrogen) atoms. The van der Waals surface area contributed by atoms with E-state index in [9.17, 15) is 0 Å². The van der Waals surface area contributed by atoms with Crippen LogP contribution in [0.1, 0.15) is 18.4 Å². The zero-order chi connectivity index (χ0) is 24.2. The Hall–Kier alpha value is -3.89. The zero-order valence-electron chi connectivity index (χ0n) is 20.0. The van der Waals surface area contributed by atoms with Crippen molar-refractivity contribution >= 4 is 5.96 Å². The molecule has 1 unspecified atom stereocenters. The third-order valence-electron chi connectivity index (χ3n) is 6.27. The topological polar surface area (TPSA) is 109 Å². The number of hydrogen-bond acceptors (Lipinski definition) is 10. The highest BCUT2D eigenvalue weighted by Crippen LogP contribution is 2.29. The van der Waals surface area contributed by atoms with Crippen LogP contribution in [0.4, 0.5) is 0 Å². The first-order valence-corrected chi connectivity index (χ1v) is 11.7. The van der Waals surface area contributed by atoms with Gasteiger partial charge in [0.2, 0.25) is 0 Å². The Balaban J connectivity index is 1.28. The van der Waals surface area contributed by atoms with Crippen molar-refractivity contribution in [2.75, 3.05) is 27.3 Å². The summed E-state index contributed by atoms with van der Waals surface area (Å²) in [6.07, 6.45) is 13.9. The second-order valence-corrected chi connectivity index (χ2v) is 8.47. The molecule has 10 nitrogen and oxygen atoms in total. The van der Waals surface area contributed by atoms with Crippen LogP contribution < -0.4 is 31.3 Å². The lowest BCUT2D eigenvalue weighted by Crippen LogP contribution is -2.55. The summed E-state index contributed by atoms with van der Waals surface area (Å²) in [6, 6.07) is 5.94. The van der Waals surface area contributed by atoms with Gasteiger partial charge >= 0.3 is 0 Å². The number of ether oxygens (including phenoxy) is 2. The van der Waals surface area contributed by atoms with Crippen molar-refractivity contribution in [1.82, 2.24) is 26.1 Å². The normalized spacial score (nSPS) is 20.4. The Morgan fingerprint density at radius 1 is 1.23 bits per heavy atom. The summed E-state index contributed by atoms with van der Waals surface area (Å²) < 4.78 is 10.8. The first kappa shape index (κ1) is 22.9. The van der Waals surface area contributed by atoms with Crippen LogP contribution in [0.3, 0.4) is 0 Å². The van der Waals surface area contributed by atoms with E-state index >= 15 is 0 Å². The molecule has 0 spiro atoms. The van der Waals surface area contributed by atoms with Gasteiger partial charge in [0.25, 0.3) is 0 Å². The zero-order valence-corrected chi connectivity index (χ0v) is 20.0. The van der Waals surface area contributed by atoms with Crippen LogP contribution in [0.5, 0.6) is 11.5 Å². The molecule has 0 amide bonds. The lowest BCUT2D eigenvalue weighted by Gasteiger charge is -2.39. The number of nitrogens with zero attached hydrogens (tertiary/aromatic N) is 3. The molecule has 0 aromatic heterocycles. The minimum atomic E-state index is -0.110. The smallest absolute Gasteiger partial charge is 0.199 e. The van der Waals surface area contributed by atoms with Crippen molar-refractivity contribution in [2.45, 2.75) is 25.6 Å². The lowest BCUT2D eigenvalue weighted by molar-refractivity contribution is -0.112. The van der Waals surface area contributed by atoms with E-state index in [1.807, 2.05) is 30.6 Å². The predicted octanol–water partition coefficient (Wildman–Crippen LogP) is 1.95. The van der Waals surface area contributed by atoms with Crippen molar-refractivity contribution in [3.05, 3.63) is 83.1 Å². The first-order chi connectivity index (χ1) is 17.2. The van der Waals surface area contributed by atoms with Gasteiger partial charge in [-0.15, -0.1) is 0 Å². The van der Waals surface area contributed by atoms with E-state index in [-0.39, 0.29) is 6.17 Å². The number of fused-ring (bicyclic) bond motifs is 1. The van der Waals surface area contributed by atoms with Gasteiger partial charge in [-0.2, -0.15) is 9.93 Å². The third-order valence-corrected chi connectivity index (χ3v) is 6.27. The highest BCUT2D eigenvalue weighted by molar-refractivity contribution is 5.81. The van der Waals surface area contributed by atoms with Crippen LogP contribution in [0.15, 0.2) is 82.6 Å². The van der Waals surface area contributed by atoms with Crippen LogP contribution in [0.25, 0.3) is 0 Å². The molecule has 4 aliphatic heterocycles. The number of rotatable bonds is 9. The minimum absolute atomic E-state index is 0.110. The molecule has 4 aliphatic rings. The fourth-order valence-corrected chi connectivity index (χ4v) is 4.49. The SMILES string of the molecule is COc1ccc(CNC2C3=C(N=C(N)N2CCCC2=CC4=CNON4C=C2)NCC=C3)cc1OC. The van der Waals surface area contributed by atoms with Crippen molar-refractivity contribution in [3.8, 4) is 11.5 Å². The van der Waals surface area contributed by atoms with Gasteiger partial charge in [0.1, 0.15) is 12.0 Å². The molecule has 1 atom stereocenters. The fraction of sp³-hybridized carbons (Fsp3) is 0.320. The van der Waals surface area contributed by atoms with E-state index < -0.39 is 0 Å². The Labute approximate surface area is 205 Å². The molecule has 5 rings (SSSR count). The fourth-order valence-electron chi connectivity index (χ4n) is 4.49. The molecule has 4 heterocycles. The van der Waals surface area contributed by atoms with Crippen LogP contribution in [0, 0.1) is 0 Å². The Morgan fingerprint density at radius 3 is 2.97 bits per heavy atom. The molecule has 0 aliphatic carbocycles. The highest BCUT2D eigenvalue weighted by atomic mass is 16.8. The third kappa shape index (κ3) is 4.84. The standard InChI is InChI=1S/C25H31N7O3/c1-33-21-8-7-18(14-22(21)34-2)15-28-24-20-6-3-10-27-23(20)30-25(26)31(24)11-4-5-17-9-12-32-19(13-17)16-29-35-32/h3,6-9,12-14,16,24,27-29H,4-5,10-11,15H2,1-2H3,(H2,26,30). The van der Waals surface area contributed by atoms with E-state index in [4.69, 9.17) is 20.1 Å². The summed E-state index contributed by atoms with van der Waals surface area (Å²) >= 11 is 0. The Kier molecular flexibility index (Phi) is 6.64. The van der Waals surface area contributed by atoms with Gasteiger partial charge in [0.05, 0.1) is 26.1 Å². The van der Waals surface area contributed by atoms with Crippen LogP contribution in [-0.2, 0) is 11.5 Å². The number of benzene rings is 1. The molecule has 5 N–H and O–H groups in total. The lowest BCUT2D eigenvalue weighted by atomic mass is 10.0. The molecule has 1 aromatic carbocycles. The van der Waals surface area contributed by atoms with Crippen molar-refractivity contribution < 1.29 is 14.4 Å². The van der Waals surface area contributed by atoms with Gasteiger partial charge in [-0.25, -0.2) is 10.5 Å². The van der Waals surface area contributed by atoms with Crippen molar-refractivity contribution in [2.24, 2.45) is 10.7 Å². The number of dihydropyridines is 1. The number of nitrogens with one attached hydrogen (secondary N) is 3. The average molecular weight is 478 g/mol. The number of hydroxylamine groups is 3. The van der Waals surface area contributed by atoms with Gasteiger partial charge in [0, 0.05) is 31.4 Å². The quantitative estimate of drug-likeness (QED) is 0.424. The minimum Gasteiger partial charge on any atom is -0.493 e. The van der Waals surface area contributed by atoms with Gasteiger partial charge in [-0.05, 0) is 48.3 Å². The van der Waals surface area contributed by atoms with E-state index in [1.54, 1.807) is 19.3 Å². The first-order valence-electron chi connectivity index (χ1n) is 11.7. The Morgan fingerprint density at radius 2 is 2.11 bits per heavy atom.